The van der Waals surface area contributed by atoms with E-state index >= 15 is 0 Å². The molecule has 0 aromatic heterocycles. The zero-order valence-electron chi connectivity index (χ0n) is 14.8. The summed E-state index contributed by atoms with van der Waals surface area (Å²) in [5, 5.41) is 0. The molecule has 0 amide bonds. The number of carbonyl (C=O) groups excluding carboxylic acids is 2. The molecule has 1 aliphatic heterocycles. The van der Waals surface area contributed by atoms with Gasteiger partial charge in [-0.2, -0.15) is 0 Å². The maximum atomic E-state index is 12.0. The number of esters is 2. The SMILES string of the molecule is CCOC(=O)[C@@H]1O[C@H](COC(=O)C(C)(C)C)[C@@H](C)[C@H](C)[C@H]1C. The van der Waals surface area contributed by atoms with E-state index in [4.69, 9.17) is 14.2 Å². The Morgan fingerprint density at radius 1 is 1.00 bits per heavy atom. The predicted molar refractivity (Wildman–Crippen MR) is 83.2 cm³/mol. The average molecular weight is 314 g/mol. The van der Waals surface area contributed by atoms with E-state index < -0.39 is 11.5 Å². The van der Waals surface area contributed by atoms with Crippen molar-refractivity contribution < 1.29 is 23.8 Å². The zero-order chi connectivity index (χ0) is 17.1. The molecule has 0 saturated carbocycles. The van der Waals surface area contributed by atoms with Gasteiger partial charge in [-0.3, -0.25) is 4.79 Å². The van der Waals surface area contributed by atoms with Crippen LogP contribution in [-0.2, 0) is 23.8 Å². The van der Waals surface area contributed by atoms with Gasteiger partial charge in [0.1, 0.15) is 6.61 Å². The Balaban J connectivity index is 2.73. The predicted octanol–water partition coefficient (Wildman–Crippen LogP) is 2.81. The Morgan fingerprint density at radius 2 is 1.59 bits per heavy atom. The van der Waals surface area contributed by atoms with Crippen LogP contribution in [0.5, 0.6) is 0 Å². The molecule has 0 spiro atoms. The van der Waals surface area contributed by atoms with Crippen LogP contribution < -0.4 is 0 Å². The molecule has 1 rings (SSSR count). The molecule has 22 heavy (non-hydrogen) atoms. The van der Waals surface area contributed by atoms with Crippen molar-refractivity contribution >= 4 is 11.9 Å². The zero-order valence-corrected chi connectivity index (χ0v) is 14.8. The lowest BCUT2D eigenvalue weighted by Gasteiger charge is -2.42. The minimum Gasteiger partial charge on any atom is -0.464 e. The highest BCUT2D eigenvalue weighted by Gasteiger charge is 2.43. The molecule has 1 aliphatic rings. The Labute approximate surface area is 133 Å². The van der Waals surface area contributed by atoms with Gasteiger partial charge in [0, 0.05) is 0 Å². The summed E-state index contributed by atoms with van der Waals surface area (Å²) in [7, 11) is 0. The van der Waals surface area contributed by atoms with Gasteiger partial charge in [0.2, 0.25) is 0 Å². The van der Waals surface area contributed by atoms with Gasteiger partial charge in [-0.05, 0) is 45.4 Å². The molecule has 1 heterocycles. The molecule has 5 atom stereocenters. The highest BCUT2D eigenvalue weighted by molar-refractivity contribution is 5.76. The summed E-state index contributed by atoms with van der Waals surface area (Å²) < 4.78 is 16.4. The van der Waals surface area contributed by atoms with Gasteiger partial charge in [-0.25, -0.2) is 4.79 Å². The van der Waals surface area contributed by atoms with E-state index in [1.54, 1.807) is 6.92 Å². The van der Waals surface area contributed by atoms with Gasteiger partial charge in [0.05, 0.1) is 18.1 Å². The van der Waals surface area contributed by atoms with E-state index in [2.05, 4.69) is 13.8 Å². The first-order chi connectivity index (χ1) is 10.1. The highest BCUT2D eigenvalue weighted by Crippen LogP contribution is 2.35. The minimum atomic E-state index is -0.593. The van der Waals surface area contributed by atoms with Crippen LogP contribution >= 0.6 is 0 Å². The number of rotatable bonds is 4. The fraction of sp³-hybridized carbons (Fsp3) is 0.882. The lowest BCUT2D eigenvalue weighted by Crippen LogP contribution is -2.50. The largest absolute Gasteiger partial charge is 0.464 e. The van der Waals surface area contributed by atoms with Gasteiger partial charge in [-0.15, -0.1) is 0 Å². The lowest BCUT2D eigenvalue weighted by atomic mass is 9.76. The van der Waals surface area contributed by atoms with Crippen LogP contribution in [0.25, 0.3) is 0 Å². The van der Waals surface area contributed by atoms with E-state index in [-0.39, 0.29) is 42.4 Å². The first-order valence-corrected chi connectivity index (χ1v) is 8.08. The van der Waals surface area contributed by atoms with Crippen molar-refractivity contribution in [1.29, 1.82) is 0 Å². The molecule has 0 aromatic carbocycles. The van der Waals surface area contributed by atoms with Gasteiger partial charge in [0.25, 0.3) is 0 Å². The van der Waals surface area contributed by atoms with Crippen LogP contribution in [0.1, 0.15) is 48.5 Å². The molecule has 128 valence electrons. The third kappa shape index (κ3) is 4.45. The van der Waals surface area contributed by atoms with E-state index in [0.717, 1.165) is 0 Å². The summed E-state index contributed by atoms with van der Waals surface area (Å²) in [5.74, 6) is -0.0401. The number of ether oxygens (including phenoxy) is 3. The van der Waals surface area contributed by atoms with Gasteiger partial charge in [-0.1, -0.05) is 20.8 Å². The van der Waals surface area contributed by atoms with Crippen molar-refractivity contribution in [2.45, 2.75) is 60.7 Å². The quantitative estimate of drug-likeness (QED) is 0.747. The van der Waals surface area contributed by atoms with Crippen LogP contribution in [0.3, 0.4) is 0 Å². The molecular weight excluding hydrogens is 284 g/mol. The molecular formula is C17H30O5. The molecule has 0 aromatic rings. The molecule has 0 unspecified atom stereocenters. The Hall–Kier alpha value is -1.10. The van der Waals surface area contributed by atoms with Gasteiger partial charge >= 0.3 is 11.9 Å². The fourth-order valence-electron chi connectivity index (χ4n) is 2.59. The molecule has 0 bridgehead atoms. The third-order valence-electron chi connectivity index (χ3n) is 4.55. The molecule has 0 radical (unpaired) electrons. The van der Waals surface area contributed by atoms with E-state index in [1.807, 2.05) is 27.7 Å². The maximum Gasteiger partial charge on any atom is 0.335 e. The topological polar surface area (TPSA) is 61.8 Å². The second-order valence-electron chi connectivity index (χ2n) is 7.27. The molecule has 0 aliphatic carbocycles. The minimum absolute atomic E-state index is 0.0728. The monoisotopic (exact) mass is 314 g/mol. The summed E-state index contributed by atoms with van der Waals surface area (Å²) in [5.41, 5.74) is -0.544. The van der Waals surface area contributed by atoms with E-state index in [1.165, 1.54) is 0 Å². The normalized spacial score (nSPS) is 32.4. The van der Waals surface area contributed by atoms with Crippen molar-refractivity contribution in [2.24, 2.45) is 23.2 Å². The smallest absolute Gasteiger partial charge is 0.335 e. The van der Waals surface area contributed by atoms with Gasteiger partial charge in [0.15, 0.2) is 6.10 Å². The van der Waals surface area contributed by atoms with E-state index in [9.17, 15) is 9.59 Å². The van der Waals surface area contributed by atoms with Crippen LogP contribution in [0.4, 0.5) is 0 Å². The molecule has 5 nitrogen and oxygen atoms in total. The van der Waals surface area contributed by atoms with Crippen LogP contribution in [0.2, 0.25) is 0 Å². The first kappa shape index (κ1) is 18.9. The molecule has 0 N–H and O–H groups in total. The summed E-state index contributed by atoms with van der Waals surface area (Å²) in [6.07, 6.45) is -0.878. The standard InChI is InChI=1S/C17H30O5/c1-8-20-15(18)14-12(4)10(2)11(3)13(22-14)9-21-16(19)17(5,6)7/h10-14H,8-9H2,1-7H3/t10-,11-,12+,13+,14+/m0/s1. The number of hydrogen-bond donors (Lipinski definition) is 0. The van der Waals surface area contributed by atoms with Crippen LogP contribution in [0, 0.1) is 23.2 Å². The number of carbonyl (C=O) groups is 2. The summed E-state index contributed by atoms with van der Waals surface area (Å²) in [4.78, 5) is 24.0. The highest BCUT2D eigenvalue weighted by atomic mass is 16.6. The van der Waals surface area contributed by atoms with Crippen molar-refractivity contribution in [2.75, 3.05) is 13.2 Å². The second kappa shape index (κ2) is 7.44. The van der Waals surface area contributed by atoms with Crippen LogP contribution in [0.15, 0.2) is 0 Å². The van der Waals surface area contributed by atoms with Gasteiger partial charge < -0.3 is 14.2 Å². The molecule has 5 heteroatoms. The fourth-order valence-corrected chi connectivity index (χ4v) is 2.59. The summed E-state index contributed by atoms with van der Waals surface area (Å²) in [6, 6.07) is 0. The van der Waals surface area contributed by atoms with Crippen molar-refractivity contribution in [3.63, 3.8) is 0 Å². The Kier molecular flexibility index (Phi) is 6.41. The van der Waals surface area contributed by atoms with Crippen molar-refractivity contribution in [3.8, 4) is 0 Å². The average Bonchev–Trinajstić information content (AvgIpc) is 2.42. The molecule has 1 fully saturated rings. The van der Waals surface area contributed by atoms with E-state index in [0.29, 0.717) is 6.61 Å². The lowest BCUT2D eigenvalue weighted by molar-refractivity contribution is -0.194. The Bertz CT molecular complexity index is 398. The molecule has 1 saturated heterocycles. The van der Waals surface area contributed by atoms with Crippen LogP contribution in [-0.4, -0.2) is 37.4 Å². The second-order valence-corrected chi connectivity index (χ2v) is 7.27. The Morgan fingerprint density at radius 3 is 2.09 bits per heavy atom. The summed E-state index contributed by atoms with van der Waals surface area (Å²) in [6.45, 7) is 13.9. The third-order valence-corrected chi connectivity index (χ3v) is 4.55. The van der Waals surface area contributed by atoms with Crippen molar-refractivity contribution in [1.82, 2.24) is 0 Å². The number of hydrogen-bond acceptors (Lipinski definition) is 5. The summed E-state index contributed by atoms with van der Waals surface area (Å²) >= 11 is 0. The maximum absolute atomic E-state index is 12.0. The first-order valence-electron chi connectivity index (χ1n) is 8.08. The van der Waals surface area contributed by atoms with Crippen molar-refractivity contribution in [3.05, 3.63) is 0 Å².